The SMILES string of the molecule is CCCn1c(=O)c(C=Nc2ccccc2)c(O)n(C)c1=O. The number of nitrogens with zero attached hydrogens (tertiary/aromatic N) is 3. The maximum Gasteiger partial charge on any atom is 0.333 e. The zero-order valence-corrected chi connectivity index (χ0v) is 12.0. The Hall–Kier alpha value is -2.63. The van der Waals surface area contributed by atoms with Gasteiger partial charge in [-0.25, -0.2) is 4.79 Å². The Morgan fingerprint density at radius 3 is 2.52 bits per heavy atom. The standard InChI is InChI=1S/C15H17N3O3/c1-3-9-18-14(20)12(13(19)17(2)15(18)21)10-16-11-7-5-4-6-8-11/h4-8,10,19H,3,9H2,1-2H3. The fourth-order valence-electron chi connectivity index (χ4n) is 1.97. The average molecular weight is 287 g/mol. The molecule has 0 aliphatic heterocycles. The summed E-state index contributed by atoms with van der Waals surface area (Å²) in [5, 5.41) is 9.99. The van der Waals surface area contributed by atoms with Crippen LogP contribution in [0.25, 0.3) is 0 Å². The molecule has 1 aromatic heterocycles. The van der Waals surface area contributed by atoms with Gasteiger partial charge in [0, 0.05) is 19.8 Å². The van der Waals surface area contributed by atoms with Crippen molar-refractivity contribution < 1.29 is 5.11 Å². The number of aliphatic imine (C=N–C) groups is 1. The van der Waals surface area contributed by atoms with Crippen LogP contribution in [-0.4, -0.2) is 20.5 Å². The number of benzene rings is 1. The van der Waals surface area contributed by atoms with E-state index in [-0.39, 0.29) is 11.4 Å². The molecule has 21 heavy (non-hydrogen) atoms. The van der Waals surface area contributed by atoms with E-state index in [0.29, 0.717) is 18.7 Å². The monoisotopic (exact) mass is 287 g/mol. The van der Waals surface area contributed by atoms with E-state index in [1.54, 1.807) is 12.1 Å². The largest absolute Gasteiger partial charge is 0.494 e. The molecule has 0 amide bonds. The van der Waals surface area contributed by atoms with Crippen LogP contribution in [0.2, 0.25) is 0 Å². The van der Waals surface area contributed by atoms with E-state index < -0.39 is 11.2 Å². The predicted octanol–water partition coefficient (Wildman–Crippen LogP) is 1.41. The molecule has 6 nitrogen and oxygen atoms in total. The lowest BCUT2D eigenvalue weighted by Crippen LogP contribution is -2.40. The molecule has 0 spiro atoms. The van der Waals surface area contributed by atoms with Crippen LogP contribution < -0.4 is 11.2 Å². The minimum absolute atomic E-state index is 0.00871. The molecule has 0 saturated carbocycles. The molecular formula is C15H17N3O3. The second-order valence-electron chi connectivity index (χ2n) is 4.63. The lowest BCUT2D eigenvalue weighted by molar-refractivity contribution is 0.405. The molecule has 0 atom stereocenters. The maximum absolute atomic E-state index is 12.3. The van der Waals surface area contributed by atoms with E-state index in [1.807, 2.05) is 25.1 Å². The Kier molecular flexibility index (Phi) is 4.37. The van der Waals surface area contributed by atoms with Gasteiger partial charge < -0.3 is 5.11 Å². The van der Waals surface area contributed by atoms with E-state index >= 15 is 0 Å². The van der Waals surface area contributed by atoms with Crippen molar-refractivity contribution in [3.05, 3.63) is 56.7 Å². The number of aromatic nitrogens is 2. The fourth-order valence-corrected chi connectivity index (χ4v) is 1.97. The summed E-state index contributed by atoms with van der Waals surface area (Å²) >= 11 is 0. The first-order valence-corrected chi connectivity index (χ1v) is 6.68. The van der Waals surface area contributed by atoms with Crippen molar-refractivity contribution in [2.45, 2.75) is 19.9 Å². The van der Waals surface area contributed by atoms with Gasteiger partial charge in [-0.15, -0.1) is 0 Å². The van der Waals surface area contributed by atoms with Gasteiger partial charge in [-0.05, 0) is 18.6 Å². The first-order chi connectivity index (χ1) is 10.1. The molecule has 110 valence electrons. The molecule has 0 unspecified atom stereocenters. The maximum atomic E-state index is 12.3. The second-order valence-corrected chi connectivity index (χ2v) is 4.63. The Bertz CT molecular complexity index is 773. The van der Waals surface area contributed by atoms with Crippen LogP contribution in [-0.2, 0) is 13.6 Å². The van der Waals surface area contributed by atoms with Crippen LogP contribution in [0, 0.1) is 0 Å². The summed E-state index contributed by atoms with van der Waals surface area (Å²) in [5.74, 6) is -0.378. The number of hydrogen-bond acceptors (Lipinski definition) is 4. The molecule has 2 rings (SSSR count). The smallest absolute Gasteiger partial charge is 0.333 e. The van der Waals surface area contributed by atoms with Gasteiger partial charge in [-0.3, -0.25) is 18.9 Å². The summed E-state index contributed by atoms with van der Waals surface area (Å²) in [4.78, 5) is 28.4. The number of rotatable bonds is 4. The van der Waals surface area contributed by atoms with Gasteiger partial charge in [0.1, 0.15) is 5.56 Å². The average Bonchev–Trinajstić information content (AvgIpc) is 2.50. The van der Waals surface area contributed by atoms with Crippen LogP contribution in [0.3, 0.4) is 0 Å². The van der Waals surface area contributed by atoms with E-state index in [2.05, 4.69) is 4.99 Å². The molecule has 6 heteroatoms. The number of hydrogen-bond donors (Lipinski definition) is 1. The van der Waals surface area contributed by atoms with E-state index in [4.69, 9.17) is 0 Å². The molecular weight excluding hydrogens is 270 g/mol. The minimum Gasteiger partial charge on any atom is -0.494 e. The van der Waals surface area contributed by atoms with Crippen molar-refractivity contribution in [3.63, 3.8) is 0 Å². The first kappa shape index (κ1) is 14.8. The molecule has 1 heterocycles. The van der Waals surface area contributed by atoms with E-state index in [0.717, 1.165) is 9.13 Å². The molecule has 0 fully saturated rings. The van der Waals surface area contributed by atoms with Crippen LogP contribution in [0.4, 0.5) is 5.69 Å². The molecule has 2 aromatic rings. The Morgan fingerprint density at radius 1 is 1.24 bits per heavy atom. The highest BCUT2D eigenvalue weighted by molar-refractivity contribution is 5.84. The highest BCUT2D eigenvalue weighted by Crippen LogP contribution is 2.12. The van der Waals surface area contributed by atoms with E-state index in [1.165, 1.54) is 13.3 Å². The van der Waals surface area contributed by atoms with Crippen molar-refractivity contribution in [2.75, 3.05) is 0 Å². The highest BCUT2D eigenvalue weighted by atomic mass is 16.3. The summed E-state index contributed by atoms with van der Waals surface area (Å²) in [7, 11) is 1.42. The Labute approximate surface area is 121 Å². The van der Waals surface area contributed by atoms with Gasteiger partial charge >= 0.3 is 5.69 Å². The van der Waals surface area contributed by atoms with Crippen LogP contribution in [0.5, 0.6) is 5.88 Å². The van der Waals surface area contributed by atoms with Gasteiger partial charge in [-0.2, -0.15) is 0 Å². The minimum atomic E-state index is -0.531. The van der Waals surface area contributed by atoms with Crippen LogP contribution in [0.1, 0.15) is 18.9 Å². The molecule has 0 aliphatic rings. The van der Waals surface area contributed by atoms with Gasteiger partial charge in [0.25, 0.3) is 5.56 Å². The third-order valence-electron chi connectivity index (χ3n) is 3.10. The topological polar surface area (TPSA) is 76.6 Å². The van der Waals surface area contributed by atoms with Crippen LogP contribution >= 0.6 is 0 Å². The third-order valence-corrected chi connectivity index (χ3v) is 3.10. The molecule has 0 saturated heterocycles. The third kappa shape index (κ3) is 2.94. The zero-order valence-electron chi connectivity index (χ0n) is 12.0. The summed E-state index contributed by atoms with van der Waals surface area (Å²) in [6.45, 7) is 2.18. The van der Waals surface area contributed by atoms with Gasteiger partial charge in [-0.1, -0.05) is 25.1 Å². The zero-order chi connectivity index (χ0) is 15.4. The van der Waals surface area contributed by atoms with Gasteiger partial charge in [0.15, 0.2) is 0 Å². The highest BCUT2D eigenvalue weighted by Gasteiger charge is 2.14. The summed E-state index contributed by atoms with van der Waals surface area (Å²) < 4.78 is 2.15. The Morgan fingerprint density at radius 2 is 1.90 bits per heavy atom. The van der Waals surface area contributed by atoms with Crippen molar-refractivity contribution in [1.82, 2.24) is 9.13 Å². The molecule has 0 aliphatic carbocycles. The Balaban J connectivity index is 2.56. The van der Waals surface area contributed by atoms with Crippen molar-refractivity contribution in [3.8, 4) is 5.88 Å². The molecule has 1 aromatic carbocycles. The summed E-state index contributed by atoms with van der Waals surface area (Å²) in [6.07, 6.45) is 1.94. The fraction of sp³-hybridized carbons (Fsp3) is 0.267. The summed E-state index contributed by atoms with van der Waals surface area (Å²) in [5.41, 5.74) is -0.394. The lowest BCUT2D eigenvalue weighted by atomic mass is 10.3. The molecule has 1 N–H and O–H groups in total. The molecule has 0 radical (unpaired) electrons. The van der Waals surface area contributed by atoms with Gasteiger partial charge in [0.05, 0.1) is 5.69 Å². The number of aromatic hydroxyl groups is 1. The van der Waals surface area contributed by atoms with Gasteiger partial charge in [0.2, 0.25) is 5.88 Å². The lowest BCUT2D eigenvalue weighted by Gasteiger charge is -2.09. The first-order valence-electron chi connectivity index (χ1n) is 6.68. The quantitative estimate of drug-likeness (QED) is 0.864. The van der Waals surface area contributed by atoms with Crippen molar-refractivity contribution >= 4 is 11.9 Å². The van der Waals surface area contributed by atoms with Crippen molar-refractivity contribution in [2.24, 2.45) is 12.0 Å². The van der Waals surface area contributed by atoms with E-state index in [9.17, 15) is 14.7 Å². The van der Waals surface area contributed by atoms with Crippen molar-refractivity contribution in [1.29, 1.82) is 0 Å². The number of para-hydroxylation sites is 1. The molecule has 0 bridgehead atoms. The van der Waals surface area contributed by atoms with Crippen LogP contribution in [0.15, 0.2) is 44.9 Å². The second kappa shape index (κ2) is 6.21. The normalized spacial score (nSPS) is 11.1. The predicted molar refractivity (Wildman–Crippen MR) is 81.6 cm³/mol. The summed E-state index contributed by atoms with van der Waals surface area (Å²) in [6, 6.07) is 9.06.